The molecule has 0 saturated heterocycles. The average Bonchev–Trinajstić information content (AvgIpc) is 2.55. The van der Waals surface area contributed by atoms with Crippen LogP contribution in [-0.4, -0.2) is 20.9 Å². The van der Waals surface area contributed by atoms with Gasteiger partial charge in [0.2, 0.25) is 0 Å². The Morgan fingerprint density at radius 3 is 2.46 bits per heavy atom. The highest BCUT2D eigenvalue weighted by molar-refractivity contribution is 7.92. The number of carbonyl (C=O) groups is 1. The fraction of sp³-hybridized carbons (Fsp3) is 0.188. The topological polar surface area (TPSA) is 75.3 Å². The van der Waals surface area contributed by atoms with Gasteiger partial charge in [-0.05, 0) is 36.8 Å². The van der Waals surface area contributed by atoms with E-state index in [2.05, 4.69) is 10.0 Å². The van der Waals surface area contributed by atoms with E-state index in [1.54, 1.807) is 12.1 Å². The largest absolute Gasteiger partial charge is 0.352 e. The molecule has 0 bridgehead atoms. The van der Waals surface area contributed by atoms with Gasteiger partial charge in [0.15, 0.2) is 11.6 Å². The molecule has 24 heavy (non-hydrogen) atoms. The molecule has 2 rings (SSSR count). The van der Waals surface area contributed by atoms with E-state index in [1.807, 2.05) is 6.92 Å². The van der Waals surface area contributed by atoms with Crippen molar-refractivity contribution in [2.24, 2.45) is 0 Å². The minimum atomic E-state index is -4.17. The summed E-state index contributed by atoms with van der Waals surface area (Å²) in [5, 5.41) is 2.65. The molecule has 128 valence electrons. The SMILES string of the molecule is CCCNC(=O)c1ccccc1NS(=O)(=O)c1ccc(F)c(F)c1. The lowest BCUT2D eigenvalue weighted by Crippen LogP contribution is -2.25. The molecule has 0 aliphatic carbocycles. The first-order chi connectivity index (χ1) is 11.3. The van der Waals surface area contributed by atoms with Crippen molar-refractivity contribution in [3.63, 3.8) is 0 Å². The minimum absolute atomic E-state index is 0.0517. The van der Waals surface area contributed by atoms with Gasteiger partial charge in [0.25, 0.3) is 15.9 Å². The Hall–Kier alpha value is -2.48. The van der Waals surface area contributed by atoms with Crippen LogP contribution in [0.4, 0.5) is 14.5 Å². The molecule has 0 heterocycles. The molecule has 0 atom stereocenters. The van der Waals surface area contributed by atoms with Gasteiger partial charge >= 0.3 is 0 Å². The molecule has 0 unspecified atom stereocenters. The number of para-hydroxylation sites is 1. The summed E-state index contributed by atoms with van der Waals surface area (Å²) in [4.78, 5) is 11.7. The number of benzene rings is 2. The summed E-state index contributed by atoms with van der Waals surface area (Å²) in [5.74, 6) is -2.85. The number of carbonyl (C=O) groups excluding carboxylic acids is 1. The molecule has 0 spiro atoms. The number of halogens is 2. The van der Waals surface area contributed by atoms with E-state index in [9.17, 15) is 22.0 Å². The van der Waals surface area contributed by atoms with Crippen LogP contribution in [0.3, 0.4) is 0 Å². The van der Waals surface area contributed by atoms with Crippen LogP contribution in [0.25, 0.3) is 0 Å². The average molecular weight is 354 g/mol. The first-order valence-electron chi connectivity index (χ1n) is 7.20. The van der Waals surface area contributed by atoms with Crippen molar-refractivity contribution in [2.45, 2.75) is 18.2 Å². The molecule has 2 aromatic rings. The molecule has 0 aliphatic heterocycles. The van der Waals surface area contributed by atoms with Crippen molar-refractivity contribution >= 4 is 21.6 Å². The second kappa shape index (κ2) is 7.39. The van der Waals surface area contributed by atoms with Crippen molar-refractivity contribution in [1.29, 1.82) is 0 Å². The molecule has 0 fully saturated rings. The number of hydrogen-bond donors (Lipinski definition) is 2. The van der Waals surface area contributed by atoms with Crippen LogP contribution in [0.2, 0.25) is 0 Å². The highest BCUT2D eigenvalue weighted by atomic mass is 32.2. The number of amides is 1. The standard InChI is InChI=1S/C16H16F2N2O3S/c1-2-9-19-16(21)12-5-3-4-6-15(12)20-24(22,23)11-7-8-13(17)14(18)10-11/h3-8,10,20H,2,9H2,1H3,(H,19,21). The van der Waals surface area contributed by atoms with E-state index in [-0.39, 0.29) is 11.3 Å². The van der Waals surface area contributed by atoms with Crippen LogP contribution in [0.5, 0.6) is 0 Å². The smallest absolute Gasteiger partial charge is 0.262 e. The Labute approximate surface area is 138 Å². The van der Waals surface area contributed by atoms with E-state index in [1.165, 1.54) is 12.1 Å². The van der Waals surface area contributed by atoms with Crippen LogP contribution in [-0.2, 0) is 10.0 Å². The van der Waals surface area contributed by atoms with Crippen LogP contribution < -0.4 is 10.0 Å². The van der Waals surface area contributed by atoms with Crippen LogP contribution in [0.15, 0.2) is 47.4 Å². The van der Waals surface area contributed by atoms with Gasteiger partial charge in [-0.2, -0.15) is 0 Å². The summed E-state index contributed by atoms with van der Waals surface area (Å²) in [5.41, 5.74) is 0.188. The quantitative estimate of drug-likeness (QED) is 0.838. The maximum absolute atomic E-state index is 13.3. The van der Waals surface area contributed by atoms with Crippen molar-refractivity contribution < 1.29 is 22.0 Å². The van der Waals surface area contributed by atoms with Gasteiger partial charge in [-0.1, -0.05) is 19.1 Å². The molecular weight excluding hydrogens is 338 g/mol. The second-order valence-electron chi connectivity index (χ2n) is 4.98. The van der Waals surface area contributed by atoms with Gasteiger partial charge in [-0.15, -0.1) is 0 Å². The molecule has 2 N–H and O–H groups in total. The highest BCUT2D eigenvalue weighted by Gasteiger charge is 2.19. The maximum Gasteiger partial charge on any atom is 0.262 e. The van der Waals surface area contributed by atoms with Gasteiger partial charge in [0, 0.05) is 6.54 Å². The van der Waals surface area contributed by atoms with Gasteiger partial charge in [0.05, 0.1) is 16.1 Å². The van der Waals surface area contributed by atoms with E-state index in [0.29, 0.717) is 12.6 Å². The van der Waals surface area contributed by atoms with Crippen molar-refractivity contribution in [3.05, 3.63) is 59.7 Å². The molecular formula is C16H16F2N2O3S. The van der Waals surface area contributed by atoms with E-state index >= 15 is 0 Å². The molecule has 0 radical (unpaired) electrons. The normalized spacial score (nSPS) is 11.1. The molecule has 0 saturated carbocycles. The fourth-order valence-electron chi connectivity index (χ4n) is 1.95. The number of sulfonamides is 1. The molecule has 2 aromatic carbocycles. The minimum Gasteiger partial charge on any atom is -0.352 e. The van der Waals surface area contributed by atoms with Gasteiger partial charge in [0.1, 0.15) is 0 Å². The van der Waals surface area contributed by atoms with Crippen molar-refractivity contribution in [3.8, 4) is 0 Å². The lowest BCUT2D eigenvalue weighted by molar-refractivity contribution is 0.0954. The predicted octanol–water partition coefficient (Wildman–Crippen LogP) is 2.91. The lowest BCUT2D eigenvalue weighted by atomic mass is 10.1. The second-order valence-corrected chi connectivity index (χ2v) is 6.67. The van der Waals surface area contributed by atoms with Crippen molar-refractivity contribution in [2.75, 3.05) is 11.3 Å². The summed E-state index contributed by atoms with van der Waals surface area (Å²) in [6.07, 6.45) is 0.731. The maximum atomic E-state index is 13.3. The zero-order valence-corrected chi connectivity index (χ0v) is 13.7. The number of nitrogens with one attached hydrogen (secondary N) is 2. The molecule has 5 nitrogen and oxygen atoms in total. The summed E-state index contributed by atoms with van der Waals surface area (Å²) in [6.45, 7) is 2.33. The predicted molar refractivity (Wildman–Crippen MR) is 86.2 cm³/mol. The van der Waals surface area contributed by atoms with Crippen molar-refractivity contribution in [1.82, 2.24) is 5.32 Å². The van der Waals surface area contributed by atoms with Gasteiger partial charge in [-0.25, -0.2) is 17.2 Å². The van der Waals surface area contributed by atoms with Gasteiger partial charge in [-0.3, -0.25) is 9.52 Å². The summed E-state index contributed by atoms with van der Waals surface area (Å²) < 4.78 is 53.1. The van der Waals surface area contributed by atoms with E-state index < -0.39 is 32.5 Å². The Balaban J connectivity index is 2.33. The lowest BCUT2D eigenvalue weighted by Gasteiger charge is -2.12. The molecule has 1 amide bonds. The third-order valence-corrected chi connectivity index (χ3v) is 4.52. The third kappa shape index (κ3) is 4.08. The van der Waals surface area contributed by atoms with E-state index in [0.717, 1.165) is 18.6 Å². The Morgan fingerprint density at radius 2 is 1.79 bits per heavy atom. The van der Waals surface area contributed by atoms with Crippen LogP contribution >= 0.6 is 0 Å². The first-order valence-corrected chi connectivity index (χ1v) is 8.68. The first kappa shape index (κ1) is 17.9. The zero-order chi connectivity index (χ0) is 17.7. The monoisotopic (exact) mass is 354 g/mol. The number of hydrogen-bond acceptors (Lipinski definition) is 3. The summed E-state index contributed by atoms with van der Waals surface area (Å²) in [6, 6.07) is 8.28. The number of rotatable bonds is 6. The Bertz CT molecular complexity index is 854. The van der Waals surface area contributed by atoms with Gasteiger partial charge < -0.3 is 5.32 Å². The zero-order valence-electron chi connectivity index (χ0n) is 12.8. The summed E-state index contributed by atoms with van der Waals surface area (Å²) >= 11 is 0. The Kier molecular flexibility index (Phi) is 5.50. The molecule has 0 aliphatic rings. The fourth-order valence-corrected chi connectivity index (χ4v) is 3.04. The van der Waals surface area contributed by atoms with Crippen LogP contribution in [0, 0.1) is 11.6 Å². The van der Waals surface area contributed by atoms with E-state index in [4.69, 9.17) is 0 Å². The summed E-state index contributed by atoms with van der Waals surface area (Å²) in [7, 11) is -4.17. The Morgan fingerprint density at radius 1 is 1.08 bits per heavy atom. The molecule has 8 heteroatoms. The third-order valence-electron chi connectivity index (χ3n) is 3.15. The number of anilines is 1. The molecule has 0 aromatic heterocycles. The highest BCUT2D eigenvalue weighted by Crippen LogP contribution is 2.21. The van der Waals surface area contributed by atoms with Crippen LogP contribution in [0.1, 0.15) is 23.7 Å².